The molecule has 5 heteroatoms. The van der Waals surface area contributed by atoms with Gasteiger partial charge >= 0.3 is 0 Å². The number of benzene rings is 1. The molecule has 1 aromatic heterocycles. The van der Waals surface area contributed by atoms with Crippen LogP contribution in [0.15, 0.2) is 24.3 Å². The molecule has 0 atom stereocenters. The summed E-state index contributed by atoms with van der Waals surface area (Å²) in [5.74, 6) is 1.78. The molecule has 0 saturated heterocycles. The summed E-state index contributed by atoms with van der Waals surface area (Å²) < 4.78 is 5.06. The number of nitrogens with zero attached hydrogens (tertiary/aromatic N) is 3. The van der Waals surface area contributed by atoms with Crippen LogP contribution in [0, 0.1) is 13.8 Å². The molecule has 0 aliphatic rings. The van der Waals surface area contributed by atoms with Crippen molar-refractivity contribution in [2.24, 2.45) is 0 Å². The zero-order valence-corrected chi connectivity index (χ0v) is 12.3. The first kappa shape index (κ1) is 14.3. The van der Waals surface area contributed by atoms with Gasteiger partial charge in [0.05, 0.1) is 0 Å². The van der Waals surface area contributed by atoms with Crippen molar-refractivity contribution in [3.8, 4) is 0 Å². The largest absolute Gasteiger partial charge is 0.384 e. The second kappa shape index (κ2) is 5.88. The van der Waals surface area contributed by atoms with E-state index in [2.05, 4.69) is 42.0 Å². The molecule has 106 valence electrons. The van der Waals surface area contributed by atoms with Gasteiger partial charge in [0.2, 0.25) is 0 Å². The van der Waals surface area contributed by atoms with Crippen molar-refractivity contribution >= 4 is 17.3 Å². The number of aromatic nitrogens is 2. The molecular formula is C15H20N4O. The highest BCUT2D eigenvalue weighted by atomic mass is 16.5. The van der Waals surface area contributed by atoms with E-state index in [1.54, 1.807) is 13.2 Å². The van der Waals surface area contributed by atoms with Crippen LogP contribution >= 0.6 is 0 Å². The Morgan fingerprint density at radius 3 is 2.35 bits per heavy atom. The van der Waals surface area contributed by atoms with Gasteiger partial charge in [-0.3, -0.25) is 0 Å². The lowest BCUT2D eigenvalue weighted by atomic mass is 10.1. The van der Waals surface area contributed by atoms with E-state index in [1.807, 2.05) is 11.9 Å². The quantitative estimate of drug-likeness (QED) is 0.926. The van der Waals surface area contributed by atoms with Crippen LogP contribution in [0.1, 0.15) is 17.0 Å². The normalized spacial score (nSPS) is 10.6. The first-order valence-electron chi connectivity index (χ1n) is 6.44. The number of hydrogen-bond donors (Lipinski definition) is 1. The molecule has 5 nitrogen and oxygen atoms in total. The van der Waals surface area contributed by atoms with Crippen LogP contribution in [-0.4, -0.2) is 24.1 Å². The Kier molecular flexibility index (Phi) is 4.20. The summed E-state index contributed by atoms with van der Waals surface area (Å²) in [5.41, 5.74) is 9.33. The molecule has 0 spiro atoms. The van der Waals surface area contributed by atoms with E-state index in [4.69, 9.17) is 10.5 Å². The van der Waals surface area contributed by atoms with Crippen molar-refractivity contribution in [3.63, 3.8) is 0 Å². The maximum absolute atomic E-state index is 5.83. The van der Waals surface area contributed by atoms with Gasteiger partial charge in [-0.15, -0.1) is 0 Å². The average molecular weight is 272 g/mol. The fourth-order valence-electron chi connectivity index (χ4n) is 2.15. The van der Waals surface area contributed by atoms with E-state index in [1.165, 1.54) is 11.1 Å². The molecule has 0 bridgehead atoms. The summed E-state index contributed by atoms with van der Waals surface area (Å²) in [4.78, 5) is 10.6. The Bertz CT molecular complexity index is 593. The van der Waals surface area contributed by atoms with E-state index in [0.29, 0.717) is 18.2 Å². The van der Waals surface area contributed by atoms with Gasteiger partial charge in [-0.05, 0) is 37.1 Å². The van der Waals surface area contributed by atoms with Crippen molar-refractivity contribution in [1.82, 2.24) is 9.97 Å². The van der Waals surface area contributed by atoms with E-state index in [9.17, 15) is 0 Å². The van der Waals surface area contributed by atoms with Crippen LogP contribution in [0.3, 0.4) is 0 Å². The SMILES string of the molecule is COCc1nc(N)cc(N(C)c2cc(C)cc(C)c2)n1. The second-order valence-corrected chi connectivity index (χ2v) is 4.91. The van der Waals surface area contributed by atoms with Crippen LogP contribution in [0.5, 0.6) is 0 Å². The molecule has 0 aliphatic heterocycles. The lowest BCUT2D eigenvalue weighted by molar-refractivity contribution is 0.178. The van der Waals surface area contributed by atoms with E-state index in [0.717, 1.165) is 11.5 Å². The summed E-state index contributed by atoms with van der Waals surface area (Å²) >= 11 is 0. The molecule has 0 saturated carbocycles. The molecule has 0 aliphatic carbocycles. The molecule has 1 aromatic carbocycles. The summed E-state index contributed by atoms with van der Waals surface area (Å²) in [6.07, 6.45) is 0. The van der Waals surface area contributed by atoms with Gasteiger partial charge in [0.1, 0.15) is 18.2 Å². The summed E-state index contributed by atoms with van der Waals surface area (Å²) in [5, 5.41) is 0. The predicted molar refractivity (Wildman–Crippen MR) is 81.1 cm³/mol. The van der Waals surface area contributed by atoms with Crippen molar-refractivity contribution < 1.29 is 4.74 Å². The first-order chi connectivity index (χ1) is 9.49. The van der Waals surface area contributed by atoms with Gasteiger partial charge in [0.25, 0.3) is 0 Å². The topological polar surface area (TPSA) is 64.3 Å². The Labute approximate surface area is 119 Å². The third-order valence-electron chi connectivity index (χ3n) is 2.99. The second-order valence-electron chi connectivity index (χ2n) is 4.91. The molecule has 2 aromatic rings. The van der Waals surface area contributed by atoms with Crippen molar-refractivity contribution in [2.75, 3.05) is 24.8 Å². The van der Waals surface area contributed by atoms with Crippen molar-refractivity contribution in [2.45, 2.75) is 20.5 Å². The number of rotatable bonds is 4. The van der Waals surface area contributed by atoms with Gasteiger partial charge in [-0.1, -0.05) is 6.07 Å². The standard InChI is InChI=1S/C15H20N4O/c1-10-5-11(2)7-12(6-10)19(3)15-8-13(16)17-14(18-15)9-20-4/h5-8H,9H2,1-4H3,(H2,16,17,18). The zero-order valence-electron chi connectivity index (χ0n) is 12.3. The molecule has 1 heterocycles. The predicted octanol–water partition coefficient (Wildman–Crippen LogP) is 2.59. The minimum Gasteiger partial charge on any atom is -0.384 e. The Morgan fingerprint density at radius 1 is 1.10 bits per heavy atom. The summed E-state index contributed by atoms with van der Waals surface area (Å²) in [7, 11) is 3.58. The maximum atomic E-state index is 5.83. The number of methoxy groups -OCH3 is 1. The molecule has 0 unspecified atom stereocenters. The van der Waals surface area contributed by atoms with Crippen LogP contribution in [0.25, 0.3) is 0 Å². The van der Waals surface area contributed by atoms with Gasteiger partial charge in [0, 0.05) is 25.9 Å². The number of nitrogen functional groups attached to an aromatic ring is 1. The highest BCUT2D eigenvalue weighted by Crippen LogP contribution is 2.25. The first-order valence-corrected chi connectivity index (χ1v) is 6.44. The van der Waals surface area contributed by atoms with E-state index in [-0.39, 0.29) is 0 Å². The Hall–Kier alpha value is -2.14. The van der Waals surface area contributed by atoms with Crippen LogP contribution < -0.4 is 10.6 Å². The average Bonchev–Trinajstić information content (AvgIpc) is 2.36. The van der Waals surface area contributed by atoms with Crippen molar-refractivity contribution in [1.29, 1.82) is 0 Å². The van der Waals surface area contributed by atoms with Crippen LogP contribution in [0.4, 0.5) is 17.3 Å². The third-order valence-corrected chi connectivity index (χ3v) is 2.99. The van der Waals surface area contributed by atoms with Crippen LogP contribution in [0.2, 0.25) is 0 Å². The smallest absolute Gasteiger partial charge is 0.158 e. The van der Waals surface area contributed by atoms with Gasteiger partial charge < -0.3 is 15.4 Å². The number of nitrogens with two attached hydrogens (primary N) is 1. The van der Waals surface area contributed by atoms with Gasteiger partial charge in [-0.2, -0.15) is 0 Å². The number of hydrogen-bond acceptors (Lipinski definition) is 5. The highest BCUT2D eigenvalue weighted by Gasteiger charge is 2.10. The molecule has 2 rings (SSSR count). The lowest BCUT2D eigenvalue weighted by Gasteiger charge is -2.20. The molecule has 0 fully saturated rings. The number of aryl methyl sites for hydroxylation is 2. The Balaban J connectivity index is 2.39. The molecule has 20 heavy (non-hydrogen) atoms. The molecular weight excluding hydrogens is 252 g/mol. The van der Waals surface area contributed by atoms with Gasteiger partial charge in [0.15, 0.2) is 5.82 Å². The molecule has 0 amide bonds. The third kappa shape index (κ3) is 3.24. The van der Waals surface area contributed by atoms with Crippen molar-refractivity contribution in [3.05, 3.63) is 41.2 Å². The minimum atomic E-state index is 0.346. The van der Waals surface area contributed by atoms with E-state index >= 15 is 0 Å². The fraction of sp³-hybridized carbons (Fsp3) is 0.333. The summed E-state index contributed by atoms with van der Waals surface area (Å²) in [6.45, 7) is 4.50. The fourth-order valence-corrected chi connectivity index (χ4v) is 2.15. The van der Waals surface area contributed by atoms with Crippen LogP contribution in [-0.2, 0) is 11.3 Å². The van der Waals surface area contributed by atoms with E-state index < -0.39 is 0 Å². The highest BCUT2D eigenvalue weighted by molar-refractivity contribution is 5.62. The molecule has 2 N–H and O–H groups in total. The minimum absolute atomic E-state index is 0.346. The maximum Gasteiger partial charge on any atom is 0.158 e. The zero-order chi connectivity index (χ0) is 14.7. The number of ether oxygens (including phenoxy) is 1. The molecule has 0 radical (unpaired) electrons. The monoisotopic (exact) mass is 272 g/mol. The van der Waals surface area contributed by atoms with Gasteiger partial charge in [-0.25, -0.2) is 9.97 Å². The Morgan fingerprint density at radius 2 is 1.75 bits per heavy atom. The number of anilines is 3. The lowest BCUT2D eigenvalue weighted by Crippen LogP contribution is -2.14. The summed E-state index contributed by atoms with van der Waals surface area (Å²) in [6, 6.07) is 8.13.